The summed E-state index contributed by atoms with van der Waals surface area (Å²) in [5.74, 6) is 0.675. The molecule has 1 aromatic heterocycles. The van der Waals surface area contributed by atoms with Crippen molar-refractivity contribution in [2.24, 2.45) is 5.92 Å². The standard InChI is InChI=1S/C15H22BrN3O3S2/c1-11(12-2-3-12)17-14(20)10-18-6-8-19(9-7-18)24(21,22)15-5-4-13(16)23-15/h4-5,11-12H,2-3,6-10H2,1H3,(H,17,20). The number of carbonyl (C=O) groups excluding carboxylic acids is 1. The molecule has 0 aromatic carbocycles. The third-order valence-electron chi connectivity index (χ3n) is 4.56. The van der Waals surface area contributed by atoms with E-state index >= 15 is 0 Å². The maximum atomic E-state index is 12.6. The predicted octanol–water partition coefficient (Wildman–Crippen LogP) is 1.73. The second-order valence-electron chi connectivity index (χ2n) is 6.43. The highest BCUT2D eigenvalue weighted by molar-refractivity contribution is 9.11. The van der Waals surface area contributed by atoms with Crippen LogP contribution in [0.25, 0.3) is 0 Å². The first kappa shape index (κ1) is 18.3. The molecule has 1 saturated carbocycles. The van der Waals surface area contributed by atoms with Crippen LogP contribution in [0.1, 0.15) is 19.8 Å². The first-order valence-electron chi connectivity index (χ1n) is 8.13. The molecule has 1 atom stereocenters. The fraction of sp³-hybridized carbons (Fsp3) is 0.667. The van der Waals surface area contributed by atoms with Crippen LogP contribution in [0.2, 0.25) is 0 Å². The summed E-state index contributed by atoms with van der Waals surface area (Å²) in [6.07, 6.45) is 2.41. The SMILES string of the molecule is CC(NC(=O)CN1CCN(S(=O)(=O)c2ccc(Br)s2)CC1)C1CC1. The van der Waals surface area contributed by atoms with Gasteiger partial charge in [-0.05, 0) is 53.7 Å². The lowest BCUT2D eigenvalue weighted by Crippen LogP contribution is -2.51. The van der Waals surface area contributed by atoms with Gasteiger partial charge in [0.25, 0.3) is 10.0 Å². The van der Waals surface area contributed by atoms with Crippen LogP contribution in [0.15, 0.2) is 20.1 Å². The Morgan fingerprint density at radius 1 is 1.33 bits per heavy atom. The van der Waals surface area contributed by atoms with E-state index in [0.717, 1.165) is 3.79 Å². The summed E-state index contributed by atoms with van der Waals surface area (Å²) >= 11 is 4.53. The minimum absolute atomic E-state index is 0.0351. The first-order valence-corrected chi connectivity index (χ1v) is 11.2. The molecule has 1 aromatic rings. The van der Waals surface area contributed by atoms with Crippen molar-refractivity contribution in [1.82, 2.24) is 14.5 Å². The molecule has 3 rings (SSSR count). The van der Waals surface area contributed by atoms with E-state index in [-0.39, 0.29) is 11.9 Å². The van der Waals surface area contributed by atoms with Crippen molar-refractivity contribution in [3.8, 4) is 0 Å². The summed E-state index contributed by atoms with van der Waals surface area (Å²) in [7, 11) is -3.42. The van der Waals surface area contributed by atoms with Gasteiger partial charge in [-0.2, -0.15) is 4.31 Å². The zero-order valence-electron chi connectivity index (χ0n) is 13.6. The number of nitrogens with one attached hydrogen (secondary N) is 1. The van der Waals surface area contributed by atoms with Gasteiger partial charge in [0.1, 0.15) is 4.21 Å². The second kappa shape index (κ2) is 7.41. The van der Waals surface area contributed by atoms with Gasteiger partial charge in [0, 0.05) is 32.2 Å². The lowest BCUT2D eigenvalue weighted by Gasteiger charge is -2.33. The zero-order valence-corrected chi connectivity index (χ0v) is 16.8. The van der Waals surface area contributed by atoms with Gasteiger partial charge in [0.05, 0.1) is 10.3 Å². The lowest BCUT2D eigenvalue weighted by molar-refractivity contribution is -0.123. The highest BCUT2D eigenvalue weighted by atomic mass is 79.9. The molecule has 24 heavy (non-hydrogen) atoms. The third-order valence-corrected chi connectivity index (χ3v) is 8.55. The molecule has 2 fully saturated rings. The number of rotatable bonds is 6. The summed E-state index contributed by atoms with van der Waals surface area (Å²) in [6.45, 7) is 4.40. The highest BCUT2D eigenvalue weighted by Crippen LogP contribution is 2.32. The number of hydrogen-bond acceptors (Lipinski definition) is 5. The Balaban J connectivity index is 1.49. The molecule has 0 spiro atoms. The van der Waals surface area contributed by atoms with E-state index in [4.69, 9.17) is 0 Å². The number of carbonyl (C=O) groups is 1. The zero-order chi connectivity index (χ0) is 17.3. The second-order valence-corrected chi connectivity index (χ2v) is 11.1. The van der Waals surface area contributed by atoms with Crippen LogP contribution in [-0.2, 0) is 14.8 Å². The number of amides is 1. The van der Waals surface area contributed by atoms with Crippen molar-refractivity contribution in [3.63, 3.8) is 0 Å². The maximum Gasteiger partial charge on any atom is 0.252 e. The van der Waals surface area contributed by atoms with Crippen LogP contribution in [-0.4, -0.2) is 62.3 Å². The van der Waals surface area contributed by atoms with Crippen LogP contribution >= 0.6 is 27.3 Å². The van der Waals surface area contributed by atoms with Gasteiger partial charge >= 0.3 is 0 Å². The third kappa shape index (κ3) is 4.37. The topological polar surface area (TPSA) is 69.7 Å². The molecule has 1 saturated heterocycles. The Morgan fingerprint density at radius 3 is 2.54 bits per heavy atom. The maximum absolute atomic E-state index is 12.6. The van der Waals surface area contributed by atoms with Gasteiger partial charge in [0.15, 0.2) is 0 Å². The largest absolute Gasteiger partial charge is 0.352 e. The van der Waals surface area contributed by atoms with Gasteiger partial charge in [-0.25, -0.2) is 8.42 Å². The van der Waals surface area contributed by atoms with E-state index in [0.29, 0.717) is 42.9 Å². The summed E-state index contributed by atoms with van der Waals surface area (Å²) in [4.78, 5) is 14.1. The Hall–Kier alpha value is -0.480. The molecular weight excluding hydrogens is 414 g/mol. The number of sulfonamides is 1. The molecule has 134 valence electrons. The van der Waals surface area contributed by atoms with Crippen molar-refractivity contribution >= 4 is 43.2 Å². The normalized spacial score (nSPS) is 21.6. The Bertz CT molecular complexity index is 695. The van der Waals surface area contributed by atoms with Crippen molar-refractivity contribution in [2.75, 3.05) is 32.7 Å². The molecule has 1 N–H and O–H groups in total. The molecule has 1 aliphatic heterocycles. The molecule has 1 aliphatic carbocycles. The van der Waals surface area contributed by atoms with Crippen molar-refractivity contribution < 1.29 is 13.2 Å². The molecule has 0 bridgehead atoms. The van der Waals surface area contributed by atoms with Crippen LogP contribution in [0, 0.1) is 5.92 Å². The van der Waals surface area contributed by atoms with Crippen LogP contribution in [0.4, 0.5) is 0 Å². The first-order chi connectivity index (χ1) is 11.4. The van der Waals surface area contributed by atoms with E-state index in [1.54, 1.807) is 12.1 Å². The van der Waals surface area contributed by atoms with E-state index in [1.165, 1.54) is 28.5 Å². The highest BCUT2D eigenvalue weighted by Gasteiger charge is 2.31. The summed E-state index contributed by atoms with van der Waals surface area (Å²) in [5.41, 5.74) is 0. The molecule has 9 heteroatoms. The minimum atomic E-state index is -3.42. The van der Waals surface area contributed by atoms with Gasteiger partial charge in [-0.15, -0.1) is 11.3 Å². The number of thiophene rings is 1. The van der Waals surface area contributed by atoms with E-state index in [9.17, 15) is 13.2 Å². The van der Waals surface area contributed by atoms with E-state index < -0.39 is 10.0 Å². The lowest BCUT2D eigenvalue weighted by atomic mass is 10.2. The molecule has 2 heterocycles. The van der Waals surface area contributed by atoms with Crippen LogP contribution in [0.3, 0.4) is 0 Å². The smallest absolute Gasteiger partial charge is 0.252 e. The fourth-order valence-corrected chi connectivity index (χ4v) is 6.49. The van der Waals surface area contributed by atoms with Crippen LogP contribution < -0.4 is 5.32 Å². The molecular formula is C15H22BrN3O3S2. The fourth-order valence-electron chi connectivity index (χ4n) is 2.91. The van der Waals surface area contributed by atoms with Crippen molar-refractivity contribution in [3.05, 3.63) is 15.9 Å². The Morgan fingerprint density at radius 2 is 2.00 bits per heavy atom. The quantitative estimate of drug-likeness (QED) is 0.738. The van der Waals surface area contributed by atoms with Crippen molar-refractivity contribution in [1.29, 1.82) is 0 Å². The van der Waals surface area contributed by atoms with Crippen LogP contribution in [0.5, 0.6) is 0 Å². The average molecular weight is 436 g/mol. The number of nitrogens with zero attached hydrogens (tertiary/aromatic N) is 2. The van der Waals surface area contributed by atoms with E-state index in [1.807, 2.05) is 4.90 Å². The van der Waals surface area contributed by atoms with Crippen molar-refractivity contribution in [2.45, 2.75) is 30.0 Å². The molecule has 1 amide bonds. The van der Waals surface area contributed by atoms with Gasteiger partial charge < -0.3 is 5.32 Å². The van der Waals surface area contributed by atoms with Gasteiger partial charge in [-0.3, -0.25) is 9.69 Å². The summed E-state index contributed by atoms with van der Waals surface area (Å²) in [5, 5.41) is 3.04. The number of piperazine rings is 1. The number of hydrogen-bond donors (Lipinski definition) is 1. The van der Waals surface area contributed by atoms with Gasteiger partial charge in [-0.1, -0.05) is 0 Å². The average Bonchev–Trinajstić information content (AvgIpc) is 3.29. The summed E-state index contributed by atoms with van der Waals surface area (Å²) < 4.78 is 27.8. The Kier molecular flexibility index (Phi) is 5.65. The molecule has 1 unspecified atom stereocenters. The minimum Gasteiger partial charge on any atom is -0.352 e. The summed E-state index contributed by atoms with van der Waals surface area (Å²) in [6, 6.07) is 3.62. The predicted molar refractivity (Wildman–Crippen MR) is 97.5 cm³/mol. The van der Waals surface area contributed by atoms with E-state index in [2.05, 4.69) is 28.2 Å². The molecule has 6 nitrogen and oxygen atoms in total. The monoisotopic (exact) mass is 435 g/mol. The Labute approximate surface area is 155 Å². The number of halogens is 1. The van der Waals surface area contributed by atoms with Gasteiger partial charge in [0.2, 0.25) is 5.91 Å². The molecule has 2 aliphatic rings. The molecule has 0 radical (unpaired) electrons.